The smallest absolute Gasteiger partial charge is 0.321 e. The van der Waals surface area contributed by atoms with Gasteiger partial charge in [-0.2, -0.15) is 0 Å². The van der Waals surface area contributed by atoms with Crippen LogP contribution in [0.3, 0.4) is 0 Å². The molecule has 2 aromatic rings. The van der Waals surface area contributed by atoms with Gasteiger partial charge in [-0.3, -0.25) is 9.62 Å². The zero-order valence-corrected chi connectivity index (χ0v) is 15.8. The maximum atomic E-state index is 12.7. The number of nitrogens with one attached hydrogen (secondary N) is 2. The Morgan fingerprint density at radius 3 is 2.73 bits per heavy atom. The molecule has 3 rings (SSSR count). The first kappa shape index (κ1) is 18.3. The van der Waals surface area contributed by atoms with Crippen molar-refractivity contribution >= 4 is 27.4 Å². The topological polar surface area (TPSA) is 78.5 Å². The third kappa shape index (κ3) is 3.83. The normalized spacial score (nSPS) is 13.4. The van der Waals surface area contributed by atoms with E-state index in [0.717, 1.165) is 23.2 Å². The minimum Gasteiger partial charge on any atom is -0.338 e. The molecule has 1 aliphatic rings. The van der Waals surface area contributed by atoms with Gasteiger partial charge in [0.1, 0.15) is 0 Å². The van der Waals surface area contributed by atoms with Crippen LogP contribution in [0.1, 0.15) is 24.5 Å². The summed E-state index contributed by atoms with van der Waals surface area (Å²) in [5.41, 5.74) is 3.15. The highest BCUT2D eigenvalue weighted by molar-refractivity contribution is 7.92. The van der Waals surface area contributed by atoms with E-state index in [1.807, 2.05) is 26.0 Å². The molecule has 2 amide bonds. The molecular weight excluding hydrogens is 350 g/mol. The lowest BCUT2D eigenvalue weighted by molar-refractivity contribution is 0.247. The van der Waals surface area contributed by atoms with E-state index in [0.29, 0.717) is 25.2 Å². The van der Waals surface area contributed by atoms with E-state index in [-0.39, 0.29) is 10.9 Å². The Balaban J connectivity index is 1.82. The first-order valence-electron chi connectivity index (χ1n) is 8.68. The van der Waals surface area contributed by atoms with Gasteiger partial charge in [0.2, 0.25) is 0 Å². The molecule has 0 spiro atoms. The third-order valence-corrected chi connectivity index (χ3v) is 5.68. The SMILES string of the molecule is CCCNC(=O)N1CCc2cc(S(=O)(=O)Nc3cccc(C)c3)ccc21. The standard InChI is InChI=1S/C19H23N3O3S/c1-3-10-20-19(23)22-11-9-15-13-17(7-8-18(15)22)26(24,25)21-16-6-4-5-14(2)12-16/h4-8,12-13,21H,3,9-11H2,1-2H3,(H,20,23). The van der Waals surface area contributed by atoms with E-state index in [1.165, 1.54) is 0 Å². The number of hydrogen-bond donors (Lipinski definition) is 2. The van der Waals surface area contributed by atoms with Crippen LogP contribution >= 0.6 is 0 Å². The summed E-state index contributed by atoms with van der Waals surface area (Å²) in [7, 11) is -3.67. The minimum absolute atomic E-state index is 0.140. The summed E-state index contributed by atoms with van der Waals surface area (Å²) in [5.74, 6) is 0. The van der Waals surface area contributed by atoms with Gasteiger partial charge in [-0.25, -0.2) is 13.2 Å². The van der Waals surface area contributed by atoms with Gasteiger partial charge in [0.25, 0.3) is 10.0 Å². The van der Waals surface area contributed by atoms with Gasteiger partial charge in [-0.1, -0.05) is 19.1 Å². The summed E-state index contributed by atoms with van der Waals surface area (Å²) in [6, 6.07) is 12.0. The lowest BCUT2D eigenvalue weighted by Gasteiger charge is -2.18. The number of urea groups is 1. The summed E-state index contributed by atoms with van der Waals surface area (Å²) in [5, 5.41) is 2.85. The van der Waals surface area contributed by atoms with Gasteiger partial charge in [0, 0.05) is 24.5 Å². The summed E-state index contributed by atoms with van der Waals surface area (Å²) in [6.07, 6.45) is 1.51. The number of carbonyl (C=O) groups excluding carboxylic acids is 1. The maximum Gasteiger partial charge on any atom is 0.321 e. The van der Waals surface area contributed by atoms with Crippen LogP contribution in [0.5, 0.6) is 0 Å². The van der Waals surface area contributed by atoms with Crippen molar-refractivity contribution in [3.05, 3.63) is 53.6 Å². The van der Waals surface area contributed by atoms with Crippen molar-refractivity contribution in [3.63, 3.8) is 0 Å². The first-order valence-corrected chi connectivity index (χ1v) is 10.2. The van der Waals surface area contributed by atoms with Crippen molar-refractivity contribution < 1.29 is 13.2 Å². The molecule has 0 saturated carbocycles. The van der Waals surface area contributed by atoms with E-state index in [4.69, 9.17) is 0 Å². The number of aryl methyl sites for hydroxylation is 1. The fourth-order valence-electron chi connectivity index (χ4n) is 3.01. The van der Waals surface area contributed by atoms with Crippen molar-refractivity contribution in [1.82, 2.24) is 5.32 Å². The van der Waals surface area contributed by atoms with Crippen LogP contribution in [0.25, 0.3) is 0 Å². The second kappa shape index (κ2) is 7.37. The molecule has 1 aliphatic heterocycles. The highest BCUT2D eigenvalue weighted by Crippen LogP contribution is 2.30. The predicted molar refractivity (Wildman–Crippen MR) is 103 cm³/mol. The number of fused-ring (bicyclic) bond motifs is 1. The van der Waals surface area contributed by atoms with Crippen molar-refractivity contribution in [2.75, 3.05) is 22.7 Å². The zero-order valence-electron chi connectivity index (χ0n) is 15.0. The third-order valence-electron chi connectivity index (χ3n) is 4.30. The molecule has 0 radical (unpaired) electrons. The number of benzene rings is 2. The summed E-state index contributed by atoms with van der Waals surface area (Å²) in [4.78, 5) is 14.1. The van der Waals surface area contributed by atoms with Crippen LogP contribution in [0.15, 0.2) is 47.4 Å². The lowest BCUT2D eigenvalue weighted by atomic mass is 10.2. The lowest BCUT2D eigenvalue weighted by Crippen LogP contribution is -2.39. The Morgan fingerprint density at radius 1 is 1.19 bits per heavy atom. The quantitative estimate of drug-likeness (QED) is 0.844. The summed E-state index contributed by atoms with van der Waals surface area (Å²) in [6.45, 7) is 5.08. The first-order chi connectivity index (χ1) is 12.4. The zero-order chi connectivity index (χ0) is 18.7. The minimum atomic E-state index is -3.67. The molecule has 138 valence electrons. The average Bonchev–Trinajstić information content (AvgIpc) is 3.02. The van der Waals surface area contributed by atoms with Gasteiger partial charge in [0.15, 0.2) is 0 Å². The second-order valence-corrected chi connectivity index (χ2v) is 8.08. The molecule has 1 heterocycles. The molecule has 6 nitrogen and oxygen atoms in total. The number of nitrogens with zero attached hydrogens (tertiary/aromatic N) is 1. The molecule has 0 fully saturated rings. The molecule has 26 heavy (non-hydrogen) atoms. The molecule has 0 bridgehead atoms. The predicted octanol–water partition coefficient (Wildman–Crippen LogP) is 3.28. The van der Waals surface area contributed by atoms with Gasteiger partial charge in [-0.15, -0.1) is 0 Å². The Labute approximate surface area is 154 Å². The van der Waals surface area contributed by atoms with Gasteiger partial charge in [0.05, 0.1) is 4.90 Å². The molecule has 2 aromatic carbocycles. The van der Waals surface area contributed by atoms with Crippen LogP contribution in [-0.2, 0) is 16.4 Å². The molecule has 0 aromatic heterocycles. The molecule has 0 atom stereocenters. The molecular formula is C19H23N3O3S. The van der Waals surface area contributed by atoms with E-state index in [9.17, 15) is 13.2 Å². The van der Waals surface area contributed by atoms with E-state index < -0.39 is 10.0 Å². The van der Waals surface area contributed by atoms with Crippen LogP contribution in [0, 0.1) is 6.92 Å². The molecule has 7 heteroatoms. The number of carbonyl (C=O) groups is 1. The highest BCUT2D eigenvalue weighted by Gasteiger charge is 2.26. The Bertz CT molecular complexity index is 925. The Morgan fingerprint density at radius 2 is 2.00 bits per heavy atom. The van der Waals surface area contributed by atoms with Crippen molar-refractivity contribution in [3.8, 4) is 0 Å². The number of amides is 2. The van der Waals surface area contributed by atoms with Crippen molar-refractivity contribution in [2.45, 2.75) is 31.6 Å². The van der Waals surface area contributed by atoms with Crippen LogP contribution in [0.4, 0.5) is 16.2 Å². The van der Waals surface area contributed by atoms with Crippen molar-refractivity contribution in [1.29, 1.82) is 0 Å². The second-order valence-electron chi connectivity index (χ2n) is 6.40. The van der Waals surface area contributed by atoms with E-state index in [2.05, 4.69) is 10.0 Å². The van der Waals surface area contributed by atoms with Gasteiger partial charge < -0.3 is 5.32 Å². The number of sulfonamides is 1. The summed E-state index contributed by atoms with van der Waals surface area (Å²) < 4.78 is 27.9. The van der Waals surface area contributed by atoms with Crippen molar-refractivity contribution in [2.24, 2.45) is 0 Å². The maximum absolute atomic E-state index is 12.7. The number of rotatable bonds is 5. The van der Waals surface area contributed by atoms with E-state index in [1.54, 1.807) is 35.2 Å². The fourth-order valence-corrected chi connectivity index (χ4v) is 4.11. The average molecular weight is 373 g/mol. The molecule has 0 unspecified atom stereocenters. The Kier molecular flexibility index (Phi) is 5.18. The fraction of sp³-hybridized carbons (Fsp3) is 0.316. The van der Waals surface area contributed by atoms with E-state index >= 15 is 0 Å². The summed E-state index contributed by atoms with van der Waals surface area (Å²) >= 11 is 0. The molecule has 2 N–H and O–H groups in total. The number of anilines is 2. The van der Waals surface area contributed by atoms with Crippen LogP contribution in [-0.4, -0.2) is 27.5 Å². The highest BCUT2D eigenvalue weighted by atomic mass is 32.2. The van der Waals surface area contributed by atoms with Gasteiger partial charge >= 0.3 is 6.03 Å². The number of hydrogen-bond acceptors (Lipinski definition) is 3. The van der Waals surface area contributed by atoms with Gasteiger partial charge in [-0.05, 0) is 61.2 Å². The van der Waals surface area contributed by atoms with Crippen LogP contribution in [0.2, 0.25) is 0 Å². The largest absolute Gasteiger partial charge is 0.338 e. The molecule has 0 saturated heterocycles. The van der Waals surface area contributed by atoms with Crippen LogP contribution < -0.4 is 14.9 Å². The Hall–Kier alpha value is -2.54. The molecule has 0 aliphatic carbocycles. The monoisotopic (exact) mass is 373 g/mol.